The molecule has 1 aliphatic carbocycles. The monoisotopic (exact) mass is 465 g/mol. The highest BCUT2D eigenvalue weighted by Crippen LogP contribution is 2.38. The van der Waals surface area contributed by atoms with Gasteiger partial charge in [-0.05, 0) is 61.6 Å². The fourth-order valence-corrected chi connectivity index (χ4v) is 5.47. The van der Waals surface area contributed by atoms with E-state index in [2.05, 4.69) is 14.7 Å². The van der Waals surface area contributed by atoms with Crippen LogP contribution in [0, 0.1) is 6.92 Å². The minimum absolute atomic E-state index is 0.0303. The maximum atomic E-state index is 12.6. The van der Waals surface area contributed by atoms with E-state index < -0.39 is 15.7 Å². The third kappa shape index (κ3) is 4.91. The number of benzene rings is 2. The molecule has 1 heterocycles. The zero-order valence-electron chi connectivity index (χ0n) is 18.6. The SMILES string of the molecule is CNS(=O)(=O)c1cc(C)ccc1C1=CCC(c2[nH]c(=O)[nH]c(=O)c2Cc2ccccc2)CC1. The van der Waals surface area contributed by atoms with Gasteiger partial charge < -0.3 is 4.98 Å². The highest BCUT2D eigenvalue weighted by Gasteiger charge is 2.25. The number of nitrogens with one attached hydrogen (secondary N) is 3. The maximum Gasteiger partial charge on any atom is 0.325 e. The molecule has 0 saturated carbocycles. The summed E-state index contributed by atoms with van der Waals surface area (Å²) in [6.45, 7) is 1.86. The van der Waals surface area contributed by atoms with E-state index in [1.165, 1.54) is 7.05 Å². The van der Waals surface area contributed by atoms with Crippen LogP contribution in [0.25, 0.3) is 5.57 Å². The summed E-state index contributed by atoms with van der Waals surface area (Å²) in [6.07, 6.45) is 4.39. The normalized spacial score (nSPS) is 16.4. The summed E-state index contributed by atoms with van der Waals surface area (Å²) in [5, 5.41) is 0. The molecule has 0 amide bonds. The van der Waals surface area contributed by atoms with Crippen molar-refractivity contribution in [1.29, 1.82) is 0 Å². The van der Waals surface area contributed by atoms with Crippen LogP contribution >= 0.6 is 0 Å². The van der Waals surface area contributed by atoms with E-state index in [-0.39, 0.29) is 16.4 Å². The van der Waals surface area contributed by atoms with Gasteiger partial charge in [-0.3, -0.25) is 9.78 Å². The number of hydrogen-bond donors (Lipinski definition) is 3. The van der Waals surface area contributed by atoms with Crippen LogP contribution < -0.4 is 16.0 Å². The van der Waals surface area contributed by atoms with Gasteiger partial charge in [-0.2, -0.15) is 0 Å². The van der Waals surface area contributed by atoms with Gasteiger partial charge in [0.05, 0.1) is 4.90 Å². The molecule has 3 aromatic rings. The molecular formula is C25H27N3O4S. The zero-order valence-corrected chi connectivity index (χ0v) is 19.5. The van der Waals surface area contributed by atoms with Gasteiger partial charge in [0.15, 0.2) is 0 Å². The number of sulfonamides is 1. The van der Waals surface area contributed by atoms with Crippen LogP contribution in [0.2, 0.25) is 0 Å². The molecule has 0 saturated heterocycles. The molecule has 1 atom stereocenters. The lowest BCUT2D eigenvalue weighted by molar-refractivity contribution is 0.585. The Labute approximate surface area is 192 Å². The minimum atomic E-state index is -3.60. The second-order valence-corrected chi connectivity index (χ2v) is 10.2. The van der Waals surface area contributed by atoms with Crippen molar-refractivity contribution in [1.82, 2.24) is 14.7 Å². The topological polar surface area (TPSA) is 112 Å². The number of rotatable bonds is 6. The van der Waals surface area contributed by atoms with Gasteiger partial charge in [0, 0.05) is 23.6 Å². The van der Waals surface area contributed by atoms with Gasteiger partial charge in [-0.15, -0.1) is 0 Å². The van der Waals surface area contributed by atoms with Crippen molar-refractivity contribution in [3.63, 3.8) is 0 Å². The van der Waals surface area contributed by atoms with E-state index in [0.29, 0.717) is 42.5 Å². The van der Waals surface area contributed by atoms with Crippen molar-refractivity contribution in [2.45, 2.75) is 43.4 Å². The van der Waals surface area contributed by atoms with Crippen molar-refractivity contribution in [2.75, 3.05) is 7.05 Å². The molecule has 3 N–H and O–H groups in total. The summed E-state index contributed by atoms with van der Waals surface area (Å²) in [5.74, 6) is -0.0303. The van der Waals surface area contributed by atoms with Crippen molar-refractivity contribution in [3.8, 4) is 0 Å². The predicted octanol–water partition coefficient (Wildman–Crippen LogP) is 3.22. The van der Waals surface area contributed by atoms with Crippen molar-refractivity contribution >= 4 is 15.6 Å². The standard InChI is InChI=1S/C25H27N3O4S/c1-16-8-13-20(22(14-16)33(31,32)26-2)18-9-11-19(12-10-18)23-21(24(29)28-25(30)27-23)15-17-6-4-3-5-7-17/h3-9,13-14,19,26H,10-12,15H2,1-2H3,(H2,27,28,29,30). The number of hydrogen-bond acceptors (Lipinski definition) is 4. The second kappa shape index (κ2) is 9.33. The van der Waals surface area contributed by atoms with Crippen LogP contribution in [-0.2, 0) is 16.4 Å². The fourth-order valence-electron chi connectivity index (χ4n) is 4.42. The summed E-state index contributed by atoms with van der Waals surface area (Å²) in [7, 11) is -2.20. The molecular weight excluding hydrogens is 438 g/mol. The average molecular weight is 466 g/mol. The quantitative estimate of drug-likeness (QED) is 0.519. The molecule has 1 aromatic heterocycles. The van der Waals surface area contributed by atoms with Gasteiger partial charge in [-0.25, -0.2) is 17.9 Å². The van der Waals surface area contributed by atoms with E-state index in [4.69, 9.17) is 0 Å². The summed E-state index contributed by atoms with van der Waals surface area (Å²) < 4.78 is 27.6. The lowest BCUT2D eigenvalue weighted by Crippen LogP contribution is -2.30. The molecule has 4 rings (SSSR count). The van der Waals surface area contributed by atoms with Gasteiger partial charge in [0.2, 0.25) is 10.0 Å². The number of aromatic nitrogens is 2. The molecule has 33 heavy (non-hydrogen) atoms. The Bertz CT molecular complexity index is 1420. The van der Waals surface area contributed by atoms with Crippen LogP contribution in [0.15, 0.2) is 69.1 Å². The highest BCUT2D eigenvalue weighted by atomic mass is 32.2. The Morgan fingerprint density at radius 1 is 1.06 bits per heavy atom. The molecule has 0 aliphatic heterocycles. The zero-order chi connectivity index (χ0) is 23.6. The molecule has 1 unspecified atom stereocenters. The van der Waals surface area contributed by atoms with Crippen molar-refractivity contribution in [2.24, 2.45) is 0 Å². The van der Waals surface area contributed by atoms with Gasteiger partial charge >= 0.3 is 5.69 Å². The lowest BCUT2D eigenvalue weighted by Gasteiger charge is -2.25. The number of allylic oxidation sites excluding steroid dienone is 2. The first-order chi connectivity index (χ1) is 15.8. The summed E-state index contributed by atoms with van der Waals surface area (Å²) in [4.78, 5) is 30.2. The van der Waals surface area contributed by atoms with Crippen LogP contribution in [0.4, 0.5) is 0 Å². The largest absolute Gasteiger partial charge is 0.325 e. The Balaban J connectivity index is 1.69. The Morgan fingerprint density at radius 3 is 2.48 bits per heavy atom. The first kappa shape index (κ1) is 22.9. The van der Waals surface area contributed by atoms with E-state index in [9.17, 15) is 18.0 Å². The highest BCUT2D eigenvalue weighted by molar-refractivity contribution is 7.89. The number of aromatic amines is 2. The Morgan fingerprint density at radius 2 is 1.82 bits per heavy atom. The number of aryl methyl sites for hydroxylation is 1. The molecule has 0 spiro atoms. The minimum Gasteiger partial charge on any atom is -0.311 e. The fraction of sp³-hybridized carbons (Fsp3) is 0.280. The predicted molar refractivity (Wildman–Crippen MR) is 129 cm³/mol. The summed E-state index contributed by atoms with van der Waals surface area (Å²) >= 11 is 0. The Hall–Kier alpha value is -3.23. The summed E-state index contributed by atoms with van der Waals surface area (Å²) in [6, 6.07) is 15.1. The molecule has 2 aromatic carbocycles. The van der Waals surface area contributed by atoms with Crippen LogP contribution in [-0.4, -0.2) is 25.4 Å². The van der Waals surface area contributed by atoms with Gasteiger partial charge in [-0.1, -0.05) is 48.5 Å². The maximum absolute atomic E-state index is 12.6. The third-order valence-corrected chi connectivity index (χ3v) is 7.61. The molecule has 1 aliphatic rings. The van der Waals surface area contributed by atoms with Gasteiger partial charge in [0.25, 0.3) is 5.56 Å². The van der Waals surface area contributed by atoms with Crippen molar-refractivity contribution in [3.05, 3.63) is 103 Å². The van der Waals surface area contributed by atoms with E-state index in [0.717, 1.165) is 16.7 Å². The first-order valence-corrected chi connectivity index (χ1v) is 12.4. The van der Waals surface area contributed by atoms with Crippen molar-refractivity contribution < 1.29 is 8.42 Å². The summed E-state index contributed by atoms with van der Waals surface area (Å²) in [5.41, 5.74) is 3.86. The first-order valence-electron chi connectivity index (χ1n) is 10.9. The molecule has 0 bridgehead atoms. The Kier molecular flexibility index (Phi) is 6.49. The molecule has 8 heteroatoms. The van der Waals surface area contributed by atoms with E-state index in [1.807, 2.05) is 55.5 Å². The second-order valence-electron chi connectivity index (χ2n) is 8.37. The average Bonchev–Trinajstić information content (AvgIpc) is 2.81. The molecule has 0 radical (unpaired) electrons. The molecule has 7 nitrogen and oxygen atoms in total. The lowest BCUT2D eigenvalue weighted by atomic mass is 9.82. The van der Waals surface area contributed by atoms with E-state index in [1.54, 1.807) is 6.07 Å². The van der Waals surface area contributed by atoms with Crippen LogP contribution in [0.3, 0.4) is 0 Å². The number of H-pyrrole nitrogens is 2. The van der Waals surface area contributed by atoms with Gasteiger partial charge in [0.1, 0.15) is 0 Å². The van der Waals surface area contributed by atoms with E-state index >= 15 is 0 Å². The molecule has 0 fully saturated rings. The molecule has 172 valence electrons. The smallest absolute Gasteiger partial charge is 0.311 e. The van der Waals surface area contributed by atoms with Crippen LogP contribution in [0.5, 0.6) is 0 Å². The third-order valence-electron chi connectivity index (χ3n) is 6.16. The van der Waals surface area contributed by atoms with Crippen LogP contribution in [0.1, 0.15) is 53.1 Å².